The number of hydrogen-bond donors (Lipinski definition) is 2. The van der Waals surface area contributed by atoms with Crippen LogP contribution in [0.3, 0.4) is 0 Å². The van der Waals surface area contributed by atoms with Crippen molar-refractivity contribution in [3.8, 4) is 5.75 Å². The molecular weight excluding hydrogens is 364 g/mol. The maximum Gasteiger partial charge on any atom is 0.187 e. The van der Waals surface area contributed by atoms with Crippen molar-refractivity contribution in [3.63, 3.8) is 0 Å². The molecule has 1 aromatic rings. The summed E-state index contributed by atoms with van der Waals surface area (Å²) in [6.07, 6.45) is 0. The van der Waals surface area contributed by atoms with Crippen LogP contribution in [0.15, 0.2) is 23.3 Å². The molecule has 1 heterocycles. The average molecular weight is 395 g/mol. The van der Waals surface area contributed by atoms with E-state index in [1.54, 1.807) is 14.2 Å². The minimum Gasteiger partial charge on any atom is -0.496 e. The van der Waals surface area contributed by atoms with Crippen molar-refractivity contribution in [1.29, 1.82) is 0 Å². The Bertz CT molecular complexity index is 648. The molecular formula is C19H30N4O3S. The number of benzene rings is 1. The van der Waals surface area contributed by atoms with Gasteiger partial charge in [-0.3, -0.25) is 10.3 Å². The lowest BCUT2D eigenvalue weighted by molar-refractivity contribution is 0.0339. The Kier molecular flexibility index (Phi) is 8.93. The number of nitrogens with one attached hydrogen (secondary N) is 2. The third kappa shape index (κ3) is 7.06. The van der Waals surface area contributed by atoms with E-state index in [2.05, 4.69) is 26.8 Å². The molecule has 150 valence electrons. The van der Waals surface area contributed by atoms with E-state index in [0.717, 1.165) is 55.4 Å². The van der Waals surface area contributed by atoms with Gasteiger partial charge >= 0.3 is 0 Å². The minimum absolute atomic E-state index is 0.117. The molecule has 0 saturated carbocycles. The van der Waals surface area contributed by atoms with Crippen LogP contribution in [0.25, 0.3) is 0 Å². The quantitative estimate of drug-likeness (QED) is 0.396. The third-order valence-electron chi connectivity index (χ3n) is 4.32. The first-order valence-electron chi connectivity index (χ1n) is 9.10. The van der Waals surface area contributed by atoms with Crippen LogP contribution in [0.4, 0.5) is 0 Å². The highest BCUT2D eigenvalue weighted by molar-refractivity contribution is 7.80. The highest BCUT2D eigenvalue weighted by Gasteiger charge is 2.14. The standard InChI is InChI=1S/C19H30N4O3S/c1-14(13-24-3)20-19(27)22-21-15(2)16-5-6-18(25-4)17(11-16)12-23-7-9-26-10-8-23/h5-6,11,14H,7-10,12-13H2,1-4H3,(H2,20,22,27)/b21-15-/t14-/m1/s1. The lowest BCUT2D eigenvalue weighted by Gasteiger charge is -2.27. The molecule has 27 heavy (non-hydrogen) atoms. The van der Waals surface area contributed by atoms with Gasteiger partial charge in [-0.05, 0) is 49.8 Å². The molecule has 0 aromatic heterocycles. The maximum absolute atomic E-state index is 5.53. The highest BCUT2D eigenvalue weighted by Crippen LogP contribution is 2.22. The second-order valence-electron chi connectivity index (χ2n) is 6.55. The molecule has 7 nitrogen and oxygen atoms in total. The van der Waals surface area contributed by atoms with Crippen LogP contribution in [0.2, 0.25) is 0 Å². The van der Waals surface area contributed by atoms with Crippen molar-refractivity contribution in [2.24, 2.45) is 5.10 Å². The molecule has 2 N–H and O–H groups in total. The van der Waals surface area contributed by atoms with Crippen molar-refractivity contribution in [2.45, 2.75) is 26.4 Å². The zero-order valence-corrected chi connectivity index (χ0v) is 17.4. The molecule has 1 fully saturated rings. The lowest BCUT2D eigenvalue weighted by Crippen LogP contribution is -2.40. The molecule has 8 heteroatoms. The van der Waals surface area contributed by atoms with Gasteiger partial charge in [0.05, 0.1) is 32.6 Å². The van der Waals surface area contributed by atoms with Gasteiger partial charge in [0.25, 0.3) is 0 Å². The molecule has 0 radical (unpaired) electrons. The fraction of sp³-hybridized carbons (Fsp3) is 0.579. The summed E-state index contributed by atoms with van der Waals surface area (Å²) in [5.74, 6) is 0.886. The zero-order valence-electron chi connectivity index (χ0n) is 16.6. The first-order valence-corrected chi connectivity index (χ1v) is 9.51. The normalized spacial score (nSPS) is 16.7. The van der Waals surface area contributed by atoms with E-state index in [1.807, 2.05) is 26.0 Å². The van der Waals surface area contributed by atoms with Gasteiger partial charge < -0.3 is 19.5 Å². The molecule has 1 aliphatic heterocycles. The number of hydrogen-bond acceptors (Lipinski definition) is 6. The van der Waals surface area contributed by atoms with Crippen LogP contribution in [0.5, 0.6) is 5.75 Å². The van der Waals surface area contributed by atoms with E-state index < -0.39 is 0 Å². The molecule has 2 rings (SSSR count). The number of morpholine rings is 1. The molecule has 0 bridgehead atoms. The Hall–Kier alpha value is -1.74. The Morgan fingerprint density at radius 2 is 2.07 bits per heavy atom. The Balaban J connectivity index is 2.03. The van der Waals surface area contributed by atoms with E-state index in [9.17, 15) is 0 Å². The van der Waals surface area contributed by atoms with Crippen molar-refractivity contribution in [3.05, 3.63) is 29.3 Å². The van der Waals surface area contributed by atoms with Gasteiger partial charge in [-0.1, -0.05) is 0 Å². The van der Waals surface area contributed by atoms with Gasteiger partial charge in [0.2, 0.25) is 0 Å². The molecule has 1 saturated heterocycles. The summed E-state index contributed by atoms with van der Waals surface area (Å²) in [6, 6.07) is 6.23. The van der Waals surface area contributed by atoms with E-state index >= 15 is 0 Å². The fourth-order valence-electron chi connectivity index (χ4n) is 2.87. The van der Waals surface area contributed by atoms with Crippen molar-refractivity contribution in [2.75, 3.05) is 47.1 Å². The summed E-state index contributed by atoms with van der Waals surface area (Å²) in [5, 5.41) is 7.99. The maximum atomic E-state index is 5.53. The molecule has 1 aromatic carbocycles. The second kappa shape index (κ2) is 11.2. The molecule has 0 aliphatic carbocycles. The summed E-state index contributed by atoms with van der Waals surface area (Å²) in [6.45, 7) is 8.77. The van der Waals surface area contributed by atoms with Gasteiger partial charge in [0.1, 0.15) is 5.75 Å². The smallest absolute Gasteiger partial charge is 0.187 e. The van der Waals surface area contributed by atoms with Crippen LogP contribution in [0, 0.1) is 0 Å². The predicted molar refractivity (Wildman–Crippen MR) is 112 cm³/mol. The van der Waals surface area contributed by atoms with E-state index in [0.29, 0.717) is 11.7 Å². The van der Waals surface area contributed by atoms with Gasteiger partial charge in [-0.15, -0.1) is 0 Å². The van der Waals surface area contributed by atoms with Crippen LogP contribution < -0.4 is 15.5 Å². The summed E-state index contributed by atoms with van der Waals surface area (Å²) in [7, 11) is 3.36. The SMILES string of the molecule is COC[C@@H](C)NC(=S)N/N=C(/C)c1ccc(OC)c(CN2CCOCC2)c1. The number of rotatable bonds is 8. The number of methoxy groups -OCH3 is 2. The molecule has 1 aliphatic rings. The lowest BCUT2D eigenvalue weighted by atomic mass is 10.1. The number of nitrogens with zero attached hydrogens (tertiary/aromatic N) is 2. The van der Waals surface area contributed by atoms with Crippen molar-refractivity contribution < 1.29 is 14.2 Å². The van der Waals surface area contributed by atoms with Crippen LogP contribution in [-0.2, 0) is 16.0 Å². The Morgan fingerprint density at radius 3 is 2.74 bits per heavy atom. The second-order valence-corrected chi connectivity index (χ2v) is 6.96. The third-order valence-corrected chi connectivity index (χ3v) is 4.52. The molecule has 0 amide bonds. The molecule has 1 atom stereocenters. The Labute approximate surface area is 167 Å². The largest absolute Gasteiger partial charge is 0.496 e. The van der Waals surface area contributed by atoms with Crippen LogP contribution >= 0.6 is 12.2 Å². The summed E-state index contributed by atoms with van der Waals surface area (Å²) >= 11 is 5.26. The minimum atomic E-state index is 0.117. The van der Waals surface area contributed by atoms with Crippen LogP contribution in [0.1, 0.15) is 25.0 Å². The van der Waals surface area contributed by atoms with Crippen LogP contribution in [-0.4, -0.2) is 68.9 Å². The first kappa shape index (κ1) is 21.6. The van der Waals surface area contributed by atoms with Gasteiger partial charge in [-0.25, -0.2) is 0 Å². The molecule has 0 unspecified atom stereocenters. The number of hydrazone groups is 1. The number of ether oxygens (including phenoxy) is 3. The van der Waals surface area contributed by atoms with Crippen molar-refractivity contribution in [1.82, 2.24) is 15.6 Å². The van der Waals surface area contributed by atoms with E-state index in [4.69, 9.17) is 26.4 Å². The molecule has 0 spiro atoms. The topological polar surface area (TPSA) is 67.3 Å². The van der Waals surface area contributed by atoms with E-state index in [-0.39, 0.29) is 6.04 Å². The van der Waals surface area contributed by atoms with E-state index in [1.165, 1.54) is 0 Å². The summed E-state index contributed by atoms with van der Waals surface area (Å²) in [5.41, 5.74) is 5.91. The predicted octanol–water partition coefficient (Wildman–Crippen LogP) is 1.75. The van der Waals surface area contributed by atoms with Crippen molar-refractivity contribution >= 4 is 23.0 Å². The first-order chi connectivity index (χ1) is 13.0. The Morgan fingerprint density at radius 1 is 1.33 bits per heavy atom. The van der Waals surface area contributed by atoms with Gasteiger partial charge in [0.15, 0.2) is 5.11 Å². The van der Waals surface area contributed by atoms with Gasteiger partial charge in [-0.2, -0.15) is 5.10 Å². The highest BCUT2D eigenvalue weighted by atomic mass is 32.1. The monoisotopic (exact) mass is 394 g/mol. The number of thiocarbonyl (C=S) groups is 1. The average Bonchev–Trinajstić information content (AvgIpc) is 2.67. The fourth-order valence-corrected chi connectivity index (χ4v) is 3.12. The summed E-state index contributed by atoms with van der Waals surface area (Å²) < 4.78 is 16.0. The zero-order chi connectivity index (χ0) is 19.6. The summed E-state index contributed by atoms with van der Waals surface area (Å²) in [4.78, 5) is 2.37. The van der Waals surface area contributed by atoms with Gasteiger partial charge in [0, 0.05) is 38.3 Å².